The van der Waals surface area contributed by atoms with Crippen LogP contribution >= 0.6 is 15.9 Å². The Hall–Kier alpha value is -1.95. The molecule has 1 atom stereocenters. The first-order chi connectivity index (χ1) is 11.6. The maximum Gasteiger partial charge on any atom is 0.241 e. The van der Waals surface area contributed by atoms with E-state index in [4.69, 9.17) is 10.2 Å². The molecule has 6 N–H and O–H groups in total. The maximum atomic E-state index is 11.5. The summed E-state index contributed by atoms with van der Waals surface area (Å²) in [6.45, 7) is 3.24. The van der Waals surface area contributed by atoms with E-state index in [0.717, 1.165) is 0 Å². The second-order valence-electron chi connectivity index (χ2n) is 5.43. The molecule has 0 bridgehead atoms. The topological polar surface area (TPSA) is 150 Å². The first kappa shape index (κ1) is 19.4. The monoisotopic (exact) mass is 431 g/mol. The van der Waals surface area contributed by atoms with Crippen molar-refractivity contribution in [3.8, 4) is 5.75 Å². The smallest absolute Gasteiger partial charge is 0.241 e. The fourth-order valence-corrected chi connectivity index (χ4v) is 3.30. The van der Waals surface area contributed by atoms with E-state index in [0.29, 0.717) is 16.0 Å². The van der Waals surface area contributed by atoms with E-state index in [2.05, 4.69) is 36.5 Å². The predicted molar refractivity (Wildman–Crippen MR) is 97.4 cm³/mol. The van der Waals surface area contributed by atoms with Crippen molar-refractivity contribution in [2.24, 2.45) is 5.14 Å². The normalized spacial score (nSPS) is 12.7. The third-order valence-electron chi connectivity index (χ3n) is 3.20. The van der Waals surface area contributed by atoms with Gasteiger partial charge in [-0.1, -0.05) is 0 Å². The molecule has 25 heavy (non-hydrogen) atoms. The highest BCUT2D eigenvalue weighted by molar-refractivity contribution is 9.10. The van der Waals surface area contributed by atoms with Crippen molar-refractivity contribution in [3.63, 3.8) is 0 Å². The number of aliphatic hydroxyl groups excluding tert-OH is 1. The second kappa shape index (κ2) is 7.52. The highest BCUT2D eigenvalue weighted by atomic mass is 79.9. The van der Waals surface area contributed by atoms with Crippen LogP contribution in [0.1, 0.15) is 12.5 Å². The van der Waals surface area contributed by atoms with E-state index in [1.165, 1.54) is 25.3 Å². The van der Waals surface area contributed by atoms with E-state index in [1.54, 1.807) is 6.92 Å². The summed E-state index contributed by atoms with van der Waals surface area (Å²) in [5, 5.41) is 30.0. The quantitative estimate of drug-likeness (QED) is 0.460. The molecule has 9 nitrogen and oxygen atoms in total. The molecule has 11 heteroatoms. The number of nitrogens with zero attached hydrogens (tertiary/aromatic N) is 2. The van der Waals surface area contributed by atoms with Gasteiger partial charge in [-0.15, -0.1) is 0 Å². The Labute approximate surface area is 153 Å². The Morgan fingerprint density at radius 3 is 2.64 bits per heavy atom. The van der Waals surface area contributed by atoms with Gasteiger partial charge >= 0.3 is 0 Å². The van der Waals surface area contributed by atoms with Crippen molar-refractivity contribution < 1.29 is 18.6 Å². The van der Waals surface area contributed by atoms with E-state index in [1.807, 2.05) is 0 Å². The van der Waals surface area contributed by atoms with Crippen LogP contribution in [0, 0.1) is 6.92 Å². The van der Waals surface area contributed by atoms with Gasteiger partial charge in [0.1, 0.15) is 16.5 Å². The summed E-state index contributed by atoms with van der Waals surface area (Å²) in [6, 6.07) is 2.52. The molecule has 2 rings (SSSR count). The average molecular weight is 432 g/mol. The van der Waals surface area contributed by atoms with Crippen LogP contribution in [0.15, 0.2) is 27.7 Å². The van der Waals surface area contributed by atoms with Crippen LogP contribution in [0.5, 0.6) is 5.75 Å². The summed E-state index contributed by atoms with van der Waals surface area (Å²) in [7, 11) is -4.03. The molecule has 0 spiro atoms. The van der Waals surface area contributed by atoms with Crippen molar-refractivity contribution in [1.82, 2.24) is 9.97 Å². The van der Waals surface area contributed by atoms with Crippen LogP contribution in [-0.2, 0) is 10.0 Å². The number of aryl methyl sites for hydroxylation is 1. The van der Waals surface area contributed by atoms with E-state index >= 15 is 0 Å². The standard InChI is InChI=1S/C14H18BrN5O4S/c1-7-3-9(4-11(22)12(7)25(16,23)24)19-14-17-5-10(15)13(20-14)18-8(2)6-21/h3-5,8,21-22H,6H2,1-2H3,(H2,16,23,24)(H2,17,18,19,20)/t8-/m1/s1. The molecule has 0 amide bonds. The molecule has 0 aliphatic rings. The Morgan fingerprint density at radius 1 is 1.40 bits per heavy atom. The molecule has 1 aromatic carbocycles. The highest BCUT2D eigenvalue weighted by Gasteiger charge is 2.18. The molecule has 1 heterocycles. The number of nitrogens with one attached hydrogen (secondary N) is 2. The molecule has 0 radical (unpaired) electrons. The molecule has 0 aliphatic heterocycles. The maximum absolute atomic E-state index is 11.5. The zero-order chi connectivity index (χ0) is 18.8. The van der Waals surface area contributed by atoms with Crippen LogP contribution in [-0.4, -0.2) is 41.2 Å². The summed E-state index contributed by atoms with van der Waals surface area (Å²) in [6.07, 6.45) is 1.52. The van der Waals surface area contributed by atoms with Gasteiger partial charge in [-0.2, -0.15) is 4.98 Å². The number of aromatic hydroxyl groups is 1. The van der Waals surface area contributed by atoms with Crippen molar-refractivity contribution >= 4 is 43.4 Å². The molecule has 0 saturated heterocycles. The van der Waals surface area contributed by atoms with Crippen LogP contribution in [0.2, 0.25) is 0 Å². The molecule has 2 aromatic rings. The molecule has 0 saturated carbocycles. The Kier molecular flexibility index (Phi) is 5.83. The molecule has 136 valence electrons. The number of phenolic OH excluding ortho intramolecular Hbond substituents is 1. The molecule has 0 fully saturated rings. The fraction of sp³-hybridized carbons (Fsp3) is 0.286. The lowest BCUT2D eigenvalue weighted by atomic mass is 10.2. The third-order valence-corrected chi connectivity index (χ3v) is 4.88. The van der Waals surface area contributed by atoms with Gasteiger partial charge in [0.25, 0.3) is 0 Å². The zero-order valence-corrected chi connectivity index (χ0v) is 15.9. The first-order valence-electron chi connectivity index (χ1n) is 7.15. The Bertz CT molecular complexity index is 868. The van der Waals surface area contributed by atoms with Crippen LogP contribution in [0.4, 0.5) is 17.5 Å². The van der Waals surface area contributed by atoms with Gasteiger partial charge in [0, 0.05) is 24.0 Å². The number of benzene rings is 1. The Morgan fingerprint density at radius 2 is 2.08 bits per heavy atom. The van der Waals surface area contributed by atoms with Crippen molar-refractivity contribution in [3.05, 3.63) is 28.4 Å². The lowest BCUT2D eigenvalue weighted by molar-refractivity contribution is 0.281. The number of primary sulfonamides is 1. The minimum absolute atomic E-state index is 0.0682. The zero-order valence-electron chi connectivity index (χ0n) is 13.5. The SMILES string of the molecule is Cc1cc(Nc2ncc(Br)c(N[C@H](C)CO)n2)cc(O)c1S(N)(=O)=O. The predicted octanol–water partition coefficient (Wildman–Crippen LogP) is 1.44. The Balaban J connectivity index is 2.33. The number of anilines is 3. The van der Waals surface area contributed by atoms with E-state index in [9.17, 15) is 13.5 Å². The molecule has 0 unspecified atom stereocenters. The summed E-state index contributed by atoms with van der Waals surface area (Å²) < 4.78 is 23.6. The number of aromatic nitrogens is 2. The second-order valence-corrected chi connectivity index (χ2v) is 7.78. The van der Waals surface area contributed by atoms with Crippen LogP contribution < -0.4 is 15.8 Å². The number of phenols is 1. The number of rotatable bonds is 6. The van der Waals surface area contributed by atoms with Gasteiger partial charge < -0.3 is 20.8 Å². The van der Waals surface area contributed by atoms with Gasteiger partial charge in [0.2, 0.25) is 16.0 Å². The van der Waals surface area contributed by atoms with Gasteiger partial charge in [-0.25, -0.2) is 18.5 Å². The van der Waals surface area contributed by atoms with Crippen LogP contribution in [0.25, 0.3) is 0 Å². The average Bonchev–Trinajstić information content (AvgIpc) is 2.48. The van der Waals surface area contributed by atoms with Gasteiger partial charge in [-0.3, -0.25) is 0 Å². The lowest BCUT2D eigenvalue weighted by Crippen LogP contribution is -2.20. The summed E-state index contributed by atoms with van der Waals surface area (Å²) in [5.41, 5.74) is 0.681. The molecular weight excluding hydrogens is 414 g/mol. The van der Waals surface area contributed by atoms with Gasteiger partial charge in [0.05, 0.1) is 11.1 Å². The van der Waals surface area contributed by atoms with Gasteiger partial charge in [-0.05, 0) is 41.4 Å². The molecular formula is C14H18BrN5O4S. The minimum atomic E-state index is -4.03. The summed E-state index contributed by atoms with van der Waals surface area (Å²) in [4.78, 5) is 8.05. The third kappa shape index (κ3) is 4.78. The van der Waals surface area contributed by atoms with Crippen molar-refractivity contribution in [1.29, 1.82) is 0 Å². The summed E-state index contributed by atoms with van der Waals surface area (Å²) in [5.74, 6) is 0.230. The molecule has 1 aromatic heterocycles. The lowest BCUT2D eigenvalue weighted by Gasteiger charge is -2.14. The number of nitrogens with two attached hydrogens (primary N) is 1. The largest absolute Gasteiger partial charge is 0.506 e. The van der Waals surface area contributed by atoms with E-state index < -0.39 is 15.8 Å². The first-order valence-corrected chi connectivity index (χ1v) is 9.49. The number of aliphatic hydroxyl groups is 1. The number of halogens is 1. The molecule has 0 aliphatic carbocycles. The van der Waals surface area contributed by atoms with Crippen molar-refractivity contribution in [2.45, 2.75) is 24.8 Å². The highest BCUT2D eigenvalue weighted by Crippen LogP contribution is 2.30. The van der Waals surface area contributed by atoms with Crippen LogP contribution in [0.3, 0.4) is 0 Å². The van der Waals surface area contributed by atoms with Crippen molar-refractivity contribution in [2.75, 3.05) is 17.2 Å². The number of sulfonamides is 1. The van der Waals surface area contributed by atoms with E-state index in [-0.39, 0.29) is 29.1 Å². The summed E-state index contributed by atoms with van der Waals surface area (Å²) >= 11 is 3.31. The van der Waals surface area contributed by atoms with Gasteiger partial charge in [0.15, 0.2) is 0 Å². The minimum Gasteiger partial charge on any atom is -0.506 e. The number of hydrogen-bond acceptors (Lipinski definition) is 8. The number of hydrogen-bond donors (Lipinski definition) is 5. The fourth-order valence-electron chi connectivity index (χ4n) is 2.13.